The number of sulfonamides is 1. The Hall–Kier alpha value is -1.02. The molecule has 0 amide bonds. The first kappa shape index (κ1) is 13.9. The summed E-state index contributed by atoms with van der Waals surface area (Å²) in [6.45, 7) is 0.718. The van der Waals surface area contributed by atoms with E-state index in [0.29, 0.717) is 18.2 Å². The summed E-state index contributed by atoms with van der Waals surface area (Å²) in [6, 6.07) is 3.01. The third-order valence-corrected chi connectivity index (χ3v) is 5.42. The van der Waals surface area contributed by atoms with Crippen LogP contribution >= 0.6 is 0 Å². The third kappa shape index (κ3) is 2.71. The minimum Gasteiger partial charge on any atom is -0.376 e. The number of nitrogens with two attached hydrogens (primary N) is 1. The fraction of sp³-hybridized carbons (Fsp3) is 0.615. The van der Waals surface area contributed by atoms with Crippen molar-refractivity contribution >= 4 is 10.0 Å². The Balaban J connectivity index is 1.81. The van der Waals surface area contributed by atoms with Crippen molar-refractivity contribution in [3.63, 3.8) is 0 Å². The first-order valence-electron chi connectivity index (χ1n) is 6.89. The highest BCUT2D eigenvalue weighted by Crippen LogP contribution is 2.39. The van der Waals surface area contributed by atoms with Gasteiger partial charge in [0, 0.05) is 19.3 Å². The van der Waals surface area contributed by atoms with Crippen molar-refractivity contribution in [2.24, 2.45) is 11.7 Å². The standard InChI is InChI=1S/C13H19N3O3S/c14-8-11-12(2-1-6-15-11)20(17,18)16-10-5-7-19-13(10)9-3-4-9/h1-2,6,9-10,13,16H,3-5,7-8,14H2. The van der Waals surface area contributed by atoms with Crippen LogP contribution in [-0.4, -0.2) is 32.2 Å². The second-order valence-electron chi connectivity index (χ2n) is 5.34. The predicted molar refractivity (Wildman–Crippen MR) is 73.3 cm³/mol. The number of ether oxygens (including phenoxy) is 1. The highest BCUT2D eigenvalue weighted by molar-refractivity contribution is 7.89. The molecule has 2 unspecified atom stereocenters. The molecule has 1 saturated carbocycles. The highest BCUT2D eigenvalue weighted by atomic mass is 32.2. The summed E-state index contributed by atoms with van der Waals surface area (Å²) in [5.74, 6) is 0.507. The summed E-state index contributed by atoms with van der Waals surface area (Å²) >= 11 is 0. The first-order chi connectivity index (χ1) is 9.62. The van der Waals surface area contributed by atoms with Crippen LogP contribution in [0.1, 0.15) is 25.0 Å². The summed E-state index contributed by atoms with van der Waals surface area (Å²) in [5.41, 5.74) is 5.95. The fourth-order valence-corrected chi connectivity index (χ4v) is 4.19. The molecule has 3 rings (SSSR count). The van der Waals surface area contributed by atoms with Crippen molar-refractivity contribution < 1.29 is 13.2 Å². The van der Waals surface area contributed by atoms with Gasteiger partial charge in [-0.2, -0.15) is 0 Å². The van der Waals surface area contributed by atoms with Crippen LogP contribution in [0.15, 0.2) is 23.2 Å². The molecule has 110 valence electrons. The maximum Gasteiger partial charge on any atom is 0.242 e. The second-order valence-corrected chi connectivity index (χ2v) is 7.02. The van der Waals surface area contributed by atoms with E-state index in [1.165, 1.54) is 0 Å². The van der Waals surface area contributed by atoms with E-state index in [2.05, 4.69) is 9.71 Å². The van der Waals surface area contributed by atoms with Crippen LogP contribution in [0.4, 0.5) is 0 Å². The highest BCUT2D eigenvalue weighted by Gasteiger charge is 2.42. The van der Waals surface area contributed by atoms with Crippen LogP contribution in [0.25, 0.3) is 0 Å². The van der Waals surface area contributed by atoms with Crippen molar-refractivity contribution in [3.8, 4) is 0 Å². The van der Waals surface area contributed by atoms with Crippen LogP contribution < -0.4 is 10.5 Å². The Morgan fingerprint density at radius 1 is 1.40 bits per heavy atom. The largest absolute Gasteiger partial charge is 0.376 e. The number of hydrogen-bond donors (Lipinski definition) is 2. The van der Waals surface area contributed by atoms with E-state index < -0.39 is 10.0 Å². The lowest BCUT2D eigenvalue weighted by Crippen LogP contribution is -2.41. The molecule has 1 aliphatic heterocycles. The van der Waals surface area contributed by atoms with Crippen LogP contribution in [0, 0.1) is 5.92 Å². The zero-order valence-electron chi connectivity index (χ0n) is 11.2. The molecule has 1 saturated heterocycles. The average Bonchev–Trinajstić information content (AvgIpc) is 3.19. The van der Waals surface area contributed by atoms with E-state index in [9.17, 15) is 8.42 Å². The molecular weight excluding hydrogens is 278 g/mol. The van der Waals surface area contributed by atoms with Crippen LogP contribution in [0.2, 0.25) is 0 Å². The monoisotopic (exact) mass is 297 g/mol. The first-order valence-corrected chi connectivity index (χ1v) is 8.38. The molecule has 1 aliphatic carbocycles. The Morgan fingerprint density at radius 2 is 2.20 bits per heavy atom. The van der Waals surface area contributed by atoms with Gasteiger partial charge >= 0.3 is 0 Å². The molecule has 1 aromatic rings. The molecule has 2 fully saturated rings. The molecule has 2 heterocycles. The van der Waals surface area contributed by atoms with Crippen molar-refractivity contribution in [2.75, 3.05) is 6.61 Å². The number of rotatable bonds is 5. The molecule has 2 aliphatic rings. The van der Waals surface area contributed by atoms with Gasteiger partial charge in [0.25, 0.3) is 0 Å². The zero-order chi connectivity index (χ0) is 14.2. The molecule has 20 heavy (non-hydrogen) atoms. The Bertz CT molecular complexity index is 586. The van der Waals surface area contributed by atoms with Crippen molar-refractivity contribution in [1.29, 1.82) is 0 Å². The van der Waals surface area contributed by atoms with Gasteiger partial charge in [0.2, 0.25) is 10.0 Å². The number of pyridine rings is 1. The molecule has 0 spiro atoms. The smallest absolute Gasteiger partial charge is 0.242 e. The summed E-state index contributed by atoms with van der Waals surface area (Å²) in [6.07, 6.45) is 4.54. The lowest BCUT2D eigenvalue weighted by molar-refractivity contribution is 0.0848. The second kappa shape index (κ2) is 5.40. The Labute approximate surface area is 118 Å². The van der Waals surface area contributed by atoms with Gasteiger partial charge in [0.1, 0.15) is 4.90 Å². The maximum atomic E-state index is 12.5. The zero-order valence-corrected chi connectivity index (χ0v) is 12.0. The molecule has 3 N–H and O–H groups in total. The minimum atomic E-state index is -3.60. The van der Waals surface area contributed by atoms with Gasteiger partial charge in [-0.3, -0.25) is 4.98 Å². The molecule has 1 aromatic heterocycles. The van der Waals surface area contributed by atoms with E-state index in [1.54, 1.807) is 18.3 Å². The SMILES string of the molecule is NCc1ncccc1S(=O)(=O)NC1CCOC1C1CC1. The van der Waals surface area contributed by atoms with Crippen LogP contribution in [-0.2, 0) is 21.3 Å². The summed E-state index contributed by atoms with van der Waals surface area (Å²) in [4.78, 5) is 4.20. The number of aromatic nitrogens is 1. The molecule has 0 radical (unpaired) electrons. The van der Waals surface area contributed by atoms with Gasteiger partial charge in [-0.25, -0.2) is 13.1 Å². The molecule has 7 heteroatoms. The number of hydrogen-bond acceptors (Lipinski definition) is 5. The third-order valence-electron chi connectivity index (χ3n) is 3.86. The lowest BCUT2D eigenvalue weighted by Gasteiger charge is -2.20. The van der Waals surface area contributed by atoms with Gasteiger partial charge < -0.3 is 10.5 Å². The summed E-state index contributed by atoms with van der Waals surface area (Å²) in [7, 11) is -3.60. The van der Waals surface area contributed by atoms with Gasteiger partial charge in [0.15, 0.2) is 0 Å². The molecule has 0 aromatic carbocycles. The van der Waals surface area contributed by atoms with Gasteiger partial charge in [-0.15, -0.1) is 0 Å². The fourth-order valence-electron chi connectivity index (χ4n) is 2.71. The lowest BCUT2D eigenvalue weighted by atomic mass is 10.1. The quantitative estimate of drug-likeness (QED) is 0.819. The van der Waals surface area contributed by atoms with Crippen molar-refractivity contribution in [2.45, 2.75) is 42.8 Å². The minimum absolute atomic E-state index is 0.0165. The Kier molecular flexibility index (Phi) is 3.76. The van der Waals surface area contributed by atoms with Gasteiger partial charge in [-0.1, -0.05) is 0 Å². The van der Waals surface area contributed by atoms with Crippen LogP contribution in [0.5, 0.6) is 0 Å². The predicted octanol–water partition coefficient (Wildman–Crippen LogP) is 0.386. The summed E-state index contributed by atoms with van der Waals surface area (Å²) < 4.78 is 33.4. The van der Waals surface area contributed by atoms with E-state index in [-0.39, 0.29) is 23.6 Å². The van der Waals surface area contributed by atoms with E-state index in [0.717, 1.165) is 19.3 Å². The van der Waals surface area contributed by atoms with E-state index in [1.807, 2.05) is 0 Å². The number of nitrogens with zero attached hydrogens (tertiary/aromatic N) is 1. The number of nitrogens with one attached hydrogen (secondary N) is 1. The maximum absolute atomic E-state index is 12.5. The van der Waals surface area contributed by atoms with E-state index in [4.69, 9.17) is 10.5 Å². The van der Waals surface area contributed by atoms with Crippen molar-refractivity contribution in [3.05, 3.63) is 24.0 Å². The average molecular weight is 297 g/mol. The molecular formula is C13H19N3O3S. The topological polar surface area (TPSA) is 94.3 Å². The summed E-state index contributed by atoms with van der Waals surface area (Å²) in [5, 5.41) is 0. The Morgan fingerprint density at radius 3 is 2.90 bits per heavy atom. The van der Waals surface area contributed by atoms with Crippen LogP contribution in [0.3, 0.4) is 0 Å². The normalized spacial score (nSPS) is 26.9. The van der Waals surface area contributed by atoms with Gasteiger partial charge in [-0.05, 0) is 37.3 Å². The molecule has 6 nitrogen and oxygen atoms in total. The molecule has 0 bridgehead atoms. The van der Waals surface area contributed by atoms with Gasteiger partial charge in [0.05, 0.1) is 17.8 Å². The molecule has 2 atom stereocenters. The van der Waals surface area contributed by atoms with Crippen molar-refractivity contribution in [1.82, 2.24) is 9.71 Å². The van der Waals surface area contributed by atoms with E-state index >= 15 is 0 Å².